The number of nitrogens with one attached hydrogen (secondary N) is 1. The molecule has 0 radical (unpaired) electrons. The summed E-state index contributed by atoms with van der Waals surface area (Å²) in [6.07, 6.45) is 0. The van der Waals surface area contributed by atoms with Gasteiger partial charge in [0.05, 0.1) is 7.11 Å². The highest BCUT2D eigenvalue weighted by molar-refractivity contribution is 5.59. The lowest BCUT2D eigenvalue weighted by molar-refractivity contribution is 0.407. The highest BCUT2D eigenvalue weighted by Crippen LogP contribution is 2.33. The van der Waals surface area contributed by atoms with Crippen LogP contribution in [0.3, 0.4) is 0 Å². The fraction of sp³-hybridized carbons (Fsp3) is 0.250. The Balaban J connectivity index is 3.27. The third-order valence-corrected chi connectivity index (χ3v) is 1.60. The number of hydrogen-bond acceptors (Lipinski definition) is 4. The molecule has 0 bridgehead atoms. The molecule has 0 saturated heterocycles. The molecule has 0 saturated carbocycles. The van der Waals surface area contributed by atoms with Gasteiger partial charge in [0.1, 0.15) is 17.2 Å². The van der Waals surface area contributed by atoms with E-state index >= 15 is 0 Å². The van der Waals surface area contributed by atoms with Crippen molar-refractivity contribution in [2.75, 3.05) is 7.11 Å². The predicted octanol–water partition coefficient (Wildman–Crippen LogP) is 2.37. The molecule has 0 unspecified atom stereocenters. The van der Waals surface area contributed by atoms with Crippen molar-refractivity contribution in [1.82, 2.24) is 0 Å². The number of benzene rings is 1. The Labute approximate surface area is 70.3 Å². The fourth-order valence-electron chi connectivity index (χ4n) is 0.992. The molecule has 1 rings (SSSR count). The van der Waals surface area contributed by atoms with Crippen LogP contribution in [0.25, 0.3) is 0 Å². The molecule has 12 heavy (non-hydrogen) atoms. The Bertz CT molecular complexity index is 287. The van der Waals surface area contributed by atoms with E-state index in [2.05, 4.69) is 5.11 Å². The zero-order valence-corrected chi connectivity index (χ0v) is 6.96. The summed E-state index contributed by atoms with van der Waals surface area (Å²) in [5.74, 6) is 0.541. The van der Waals surface area contributed by atoms with E-state index in [1.807, 2.05) is 0 Å². The van der Waals surface area contributed by atoms with Gasteiger partial charge in [0.25, 0.3) is 0 Å². The van der Waals surface area contributed by atoms with Crippen molar-refractivity contribution in [2.24, 2.45) is 5.11 Å². The van der Waals surface area contributed by atoms with Crippen molar-refractivity contribution in [3.8, 4) is 11.5 Å². The molecule has 0 aliphatic rings. The molecular formula is C8H10N2O2. The molecule has 0 amide bonds. The Kier molecular flexibility index (Phi) is 2.28. The molecule has 0 aromatic heterocycles. The Morgan fingerprint density at radius 3 is 2.58 bits per heavy atom. The summed E-state index contributed by atoms with van der Waals surface area (Å²) < 4.78 is 4.91. The van der Waals surface area contributed by atoms with Gasteiger partial charge in [-0.2, -0.15) is 5.11 Å². The number of phenols is 1. The smallest absolute Gasteiger partial charge is 0.147 e. The molecule has 0 aliphatic carbocycles. The minimum absolute atomic E-state index is 0.0261. The van der Waals surface area contributed by atoms with Crippen molar-refractivity contribution >= 4 is 5.69 Å². The van der Waals surface area contributed by atoms with E-state index in [9.17, 15) is 5.11 Å². The Hall–Kier alpha value is -1.58. The van der Waals surface area contributed by atoms with Crippen LogP contribution < -0.4 is 4.74 Å². The number of phenolic OH excluding ortho intramolecular Hbond substituents is 1. The van der Waals surface area contributed by atoms with E-state index in [4.69, 9.17) is 10.3 Å². The highest BCUT2D eigenvalue weighted by Gasteiger charge is 2.05. The second kappa shape index (κ2) is 3.21. The van der Waals surface area contributed by atoms with Crippen LogP contribution in [0.1, 0.15) is 5.56 Å². The summed E-state index contributed by atoms with van der Waals surface area (Å²) in [6, 6.07) is 3.15. The molecule has 0 heterocycles. The third kappa shape index (κ3) is 1.37. The molecule has 0 aliphatic heterocycles. The van der Waals surface area contributed by atoms with Crippen LogP contribution in [0.2, 0.25) is 0 Å². The largest absolute Gasteiger partial charge is 0.505 e. The number of rotatable bonds is 2. The van der Waals surface area contributed by atoms with E-state index in [-0.39, 0.29) is 11.4 Å². The van der Waals surface area contributed by atoms with Gasteiger partial charge in [-0.25, -0.2) is 5.53 Å². The summed E-state index contributed by atoms with van der Waals surface area (Å²) >= 11 is 0. The maximum absolute atomic E-state index is 9.31. The van der Waals surface area contributed by atoms with Crippen LogP contribution in [0.15, 0.2) is 17.2 Å². The van der Waals surface area contributed by atoms with Crippen molar-refractivity contribution in [2.45, 2.75) is 6.92 Å². The lowest BCUT2D eigenvalue weighted by Gasteiger charge is -2.04. The number of methoxy groups -OCH3 is 1. The molecular weight excluding hydrogens is 156 g/mol. The maximum Gasteiger partial charge on any atom is 0.147 e. The van der Waals surface area contributed by atoms with Crippen LogP contribution in [-0.4, -0.2) is 12.2 Å². The third-order valence-electron chi connectivity index (χ3n) is 1.60. The second-order valence-electron chi connectivity index (χ2n) is 2.42. The highest BCUT2D eigenvalue weighted by atomic mass is 16.5. The van der Waals surface area contributed by atoms with E-state index in [1.165, 1.54) is 13.2 Å². The average Bonchev–Trinajstić information content (AvgIpc) is 2.03. The maximum atomic E-state index is 9.31. The Morgan fingerprint density at radius 2 is 2.17 bits per heavy atom. The minimum Gasteiger partial charge on any atom is -0.505 e. The van der Waals surface area contributed by atoms with Crippen LogP contribution in [0.5, 0.6) is 11.5 Å². The normalized spacial score (nSPS) is 9.50. The first-order valence-corrected chi connectivity index (χ1v) is 3.44. The summed E-state index contributed by atoms with van der Waals surface area (Å²) in [6.45, 7) is 1.76. The molecule has 4 heteroatoms. The van der Waals surface area contributed by atoms with Crippen molar-refractivity contribution < 1.29 is 9.84 Å². The number of aryl methyl sites for hydroxylation is 1. The minimum atomic E-state index is -0.0261. The van der Waals surface area contributed by atoms with Crippen molar-refractivity contribution in [3.63, 3.8) is 0 Å². The van der Waals surface area contributed by atoms with Gasteiger partial charge in [-0.3, -0.25) is 0 Å². The summed E-state index contributed by atoms with van der Waals surface area (Å²) in [4.78, 5) is 0. The standard InChI is InChI=1S/C8H10N2O2/c1-5-3-6(12-2)4-7(11)8(5)10-9/h3-4,9,11H,1-2H3. The monoisotopic (exact) mass is 166 g/mol. The van der Waals surface area contributed by atoms with E-state index in [0.717, 1.165) is 5.56 Å². The van der Waals surface area contributed by atoms with Crippen LogP contribution in [-0.2, 0) is 0 Å². The Morgan fingerprint density at radius 1 is 1.50 bits per heavy atom. The van der Waals surface area contributed by atoms with Crippen LogP contribution in [0, 0.1) is 12.5 Å². The molecule has 4 nitrogen and oxygen atoms in total. The molecule has 0 fully saturated rings. The number of nitrogens with zero attached hydrogens (tertiary/aromatic N) is 1. The number of hydrogen-bond donors (Lipinski definition) is 2. The summed E-state index contributed by atoms with van der Waals surface area (Å²) in [5, 5.41) is 12.5. The van der Waals surface area contributed by atoms with Gasteiger partial charge in [-0.1, -0.05) is 0 Å². The number of ether oxygens (including phenoxy) is 1. The molecule has 0 atom stereocenters. The fourth-order valence-corrected chi connectivity index (χ4v) is 0.992. The van der Waals surface area contributed by atoms with Crippen LogP contribution >= 0.6 is 0 Å². The van der Waals surface area contributed by atoms with Gasteiger partial charge in [-0.05, 0) is 18.6 Å². The average molecular weight is 166 g/mol. The molecule has 0 spiro atoms. The second-order valence-corrected chi connectivity index (χ2v) is 2.42. The van der Waals surface area contributed by atoms with Crippen LogP contribution in [0.4, 0.5) is 5.69 Å². The van der Waals surface area contributed by atoms with Gasteiger partial charge in [0.2, 0.25) is 0 Å². The lowest BCUT2D eigenvalue weighted by atomic mass is 10.2. The molecule has 1 aromatic carbocycles. The molecule has 64 valence electrons. The van der Waals surface area contributed by atoms with Gasteiger partial charge < -0.3 is 9.84 Å². The van der Waals surface area contributed by atoms with Gasteiger partial charge in [0.15, 0.2) is 0 Å². The van der Waals surface area contributed by atoms with Crippen molar-refractivity contribution in [1.29, 1.82) is 5.53 Å². The zero-order chi connectivity index (χ0) is 9.14. The molecule has 1 aromatic rings. The van der Waals surface area contributed by atoms with Gasteiger partial charge >= 0.3 is 0 Å². The quantitative estimate of drug-likeness (QED) is 0.662. The SMILES string of the molecule is COc1cc(C)c(N=N)c(O)c1. The summed E-state index contributed by atoms with van der Waals surface area (Å²) in [5.41, 5.74) is 7.79. The van der Waals surface area contributed by atoms with Gasteiger partial charge in [0, 0.05) is 6.07 Å². The predicted molar refractivity (Wildman–Crippen MR) is 44.2 cm³/mol. The van der Waals surface area contributed by atoms with E-state index in [1.54, 1.807) is 13.0 Å². The number of aromatic hydroxyl groups is 1. The summed E-state index contributed by atoms with van der Waals surface area (Å²) in [7, 11) is 1.52. The molecule has 2 N–H and O–H groups in total. The first-order chi connectivity index (χ1) is 5.69. The van der Waals surface area contributed by atoms with Gasteiger partial charge in [-0.15, -0.1) is 0 Å². The van der Waals surface area contributed by atoms with Crippen molar-refractivity contribution in [3.05, 3.63) is 17.7 Å². The van der Waals surface area contributed by atoms with E-state index in [0.29, 0.717) is 5.75 Å². The topological polar surface area (TPSA) is 65.7 Å². The first-order valence-electron chi connectivity index (χ1n) is 3.44. The first kappa shape index (κ1) is 8.52. The van der Waals surface area contributed by atoms with E-state index < -0.39 is 0 Å². The zero-order valence-electron chi connectivity index (χ0n) is 6.96. The lowest BCUT2D eigenvalue weighted by Crippen LogP contribution is -1.84.